The summed E-state index contributed by atoms with van der Waals surface area (Å²) >= 11 is 0. The van der Waals surface area contributed by atoms with Crippen LogP contribution in [0.3, 0.4) is 0 Å². The number of hydrogen-bond donors (Lipinski definition) is 1. The molecule has 1 saturated carbocycles. The van der Waals surface area contributed by atoms with Gasteiger partial charge in [0.25, 0.3) is 0 Å². The van der Waals surface area contributed by atoms with Crippen LogP contribution in [0.1, 0.15) is 30.4 Å². The molecule has 3 nitrogen and oxygen atoms in total. The van der Waals surface area contributed by atoms with Crippen molar-refractivity contribution in [1.82, 2.24) is 0 Å². The summed E-state index contributed by atoms with van der Waals surface area (Å²) in [4.78, 5) is 11.9. The first-order valence-electron chi connectivity index (χ1n) is 7.02. The number of benzene rings is 1. The fourth-order valence-corrected chi connectivity index (χ4v) is 3.22. The smallest absolute Gasteiger partial charge is 0.312 e. The van der Waals surface area contributed by atoms with Crippen molar-refractivity contribution in [2.24, 2.45) is 11.3 Å². The van der Waals surface area contributed by atoms with Crippen molar-refractivity contribution in [2.45, 2.75) is 38.7 Å². The summed E-state index contributed by atoms with van der Waals surface area (Å²) in [5, 5.41) is 9.75. The van der Waals surface area contributed by atoms with Crippen LogP contribution in [0.4, 0.5) is 0 Å². The Morgan fingerprint density at radius 1 is 1.37 bits per heavy atom. The molecular weight excluding hydrogens is 240 g/mol. The number of hydrogen-bond acceptors (Lipinski definition) is 2. The fourth-order valence-electron chi connectivity index (χ4n) is 3.22. The van der Waals surface area contributed by atoms with Crippen molar-refractivity contribution >= 4 is 5.97 Å². The van der Waals surface area contributed by atoms with E-state index in [1.165, 1.54) is 5.56 Å². The Labute approximate surface area is 113 Å². The average molecular weight is 260 g/mol. The highest BCUT2D eigenvalue weighted by atomic mass is 16.5. The van der Waals surface area contributed by atoms with Gasteiger partial charge in [-0.05, 0) is 44.1 Å². The summed E-state index contributed by atoms with van der Waals surface area (Å²) in [6.07, 6.45) is 3.37. The second-order valence-corrected chi connectivity index (χ2v) is 6.00. The Kier molecular flexibility index (Phi) is 3.09. The third-order valence-corrected chi connectivity index (χ3v) is 4.51. The number of ether oxygens (including phenoxy) is 1. The van der Waals surface area contributed by atoms with Crippen molar-refractivity contribution in [3.8, 4) is 0 Å². The molecule has 0 aromatic heterocycles. The molecule has 1 N–H and O–H groups in total. The molecule has 1 saturated heterocycles. The molecule has 1 heterocycles. The molecule has 1 aromatic carbocycles. The van der Waals surface area contributed by atoms with E-state index in [1.807, 2.05) is 31.2 Å². The quantitative estimate of drug-likeness (QED) is 0.905. The van der Waals surface area contributed by atoms with E-state index in [9.17, 15) is 9.90 Å². The first kappa shape index (κ1) is 12.7. The Morgan fingerprint density at radius 2 is 2.05 bits per heavy atom. The summed E-state index contributed by atoms with van der Waals surface area (Å²) in [5.41, 5.74) is 1.59. The Morgan fingerprint density at radius 3 is 2.63 bits per heavy atom. The number of carboxylic acids is 1. The minimum Gasteiger partial charge on any atom is -0.481 e. The highest BCUT2D eigenvalue weighted by Crippen LogP contribution is 2.49. The van der Waals surface area contributed by atoms with Crippen LogP contribution in [0.25, 0.3) is 0 Å². The lowest BCUT2D eigenvalue weighted by atomic mass is 9.74. The molecule has 1 aliphatic carbocycles. The number of rotatable bonds is 4. The van der Waals surface area contributed by atoms with Crippen LogP contribution in [0.15, 0.2) is 24.3 Å². The average Bonchev–Trinajstić information content (AvgIpc) is 3.14. The Hall–Kier alpha value is -1.35. The highest BCUT2D eigenvalue weighted by Gasteiger charge is 2.55. The van der Waals surface area contributed by atoms with Gasteiger partial charge in [-0.15, -0.1) is 0 Å². The molecule has 0 radical (unpaired) electrons. The monoisotopic (exact) mass is 260 g/mol. The highest BCUT2D eigenvalue weighted by molar-refractivity contribution is 5.76. The molecule has 0 amide bonds. The van der Waals surface area contributed by atoms with E-state index < -0.39 is 11.4 Å². The third-order valence-electron chi connectivity index (χ3n) is 4.51. The van der Waals surface area contributed by atoms with Gasteiger partial charge in [-0.25, -0.2) is 0 Å². The van der Waals surface area contributed by atoms with Crippen molar-refractivity contribution in [1.29, 1.82) is 0 Å². The molecule has 0 spiro atoms. The van der Waals surface area contributed by atoms with Crippen molar-refractivity contribution < 1.29 is 14.6 Å². The van der Waals surface area contributed by atoms with E-state index in [1.54, 1.807) is 0 Å². The molecule has 1 aliphatic heterocycles. The van der Waals surface area contributed by atoms with Crippen LogP contribution in [0, 0.1) is 18.3 Å². The second kappa shape index (κ2) is 4.64. The zero-order valence-electron chi connectivity index (χ0n) is 11.3. The van der Waals surface area contributed by atoms with Gasteiger partial charge in [0.2, 0.25) is 0 Å². The molecular formula is C16H20O3. The number of carboxylic acid groups (broad SMARTS) is 1. The van der Waals surface area contributed by atoms with Gasteiger partial charge in [-0.3, -0.25) is 4.79 Å². The van der Waals surface area contributed by atoms with Crippen LogP contribution in [0.2, 0.25) is 0 Å². The standard InChI is InChI=1S/C16H20O3/c1-11-2-4-12(5-3-11)10-16(15(17)18)8-9-19-14(16)13-6-7-13/h2-5,13-14H,6-10H2,1H3,(H,17,18). The first-order valence-corrected chi connectivity index (χ1v) is 7.02. The molecule has 0 bridgehead atoms. The molecule has 3 rings (SSSR count). The lowest BCUT2D eigenvalue weighted by Gasteiger charge is -2.30. The van der Waals surface area contributed by atoms with Gasteiger partial charge in [0.05, 0.1) is 6.10 Å². The van der Waals surface area contributed by atoms with E-state index in [2.05, 4.69) is 0 Å². The number of aryl methyl sites for hydroxylation is 1. The summed E-state index contributed by atoms with van der Waals surface area (Å²) in [7, 11) is 0. The maximum atomic E-state index is 11.9. The van der Waals surface area contributed by atoms with Gasteiger partial charge in [-0.2, -0.15) is 0 Å². The Balaban J connectivity index is 1.87. The molecule has 102 valence electrons. The van der Waals surface area contributed by atoms with Gasteiger partial charge in [-0.1, -0.05) is 29.8 Å². The summed E-state index contributed by atoms with van der Waals surface area (Å²) in [6, 6.07) is 8.18. The summed E-state index contributed by atoms with van der Waals surface area (Å²) in [5.74, 6) is -0.230. The summed E-state index contributed by atoms with van der Waals surface area (Å²) < 4.78 is 5.77. The first-order chi connectivity index (χ1) is 9.12. The zero-order valence-corrected chi connectivity index (χ0v) is 11.3. The molecule has 2 aliphatic rings. The predicted octanol–water partition coefficient (Wildman–Crippen LogP) is 2.81. The largest absolute Gasteiger partial charge is 0.481 e. The van der Waals surface area contributed by atoms with Gasteiger partial charge in [0, 0.05) is 6.61 Å². The molecule has 19 heavy (non-hydrogen) atoms. The van der Waals surface area contributed by atoms with Crippen molar-refractivity contribution in [2.75, 3.05) is 6.61 Å². The SMILES string of the molecule is Cc1ccc(CC2(C(=O)O)CCOC2C2CC2)cc1. The van der Waals surface area contributed by atoms with Crippen LogP contribution in [0.5, 0.6) is 0 Å². The van der Waals surface area contributed by atoms with Gasteiger partial charge in [0.1, 0.15) is 5.41 Å². The molecule has 3 heteroatoms. The predicted molar refractivity (Wildman–Crippen MR) is 72.0 cm³/mol. The van der Waals surface area contributed by atoms with Gasteiger partial charge >= 0.3 is 5.97 Å². The lowest BCUT2D eigenvalue weighted by molar-refractivity contribution is -0.153. The van der Waals surface area contributed by atoms with Crippen LogP contribution < -0.4 is 0 Å². The second-order valence-electron chi connectivity index (χ2n) is 6.00. The van der Waals surface area contributed by atoms with Crippen LogP contribution in [-0.2, 0) is 16.0 Å². The van der Waals surface area contributed by atoms with E-state index in [0.717, 1.165) is 18.4 Å². The third kappa shape index (κ3) is 2.27. The fraction of sp³-hybridized carbons (Fsp3) is 0.562. The van der Waals surface area contributed by atoms with E-state index in [-0.39, 0.29) is 6.10 Å². The van der Waals surface area contributed by atoms with Crippen molar-refractivity contribution in [3.05, 3.63) is 35.4 Å². The van der Waals surface area contributed by atoms with Gasteiger partial charge < -0.3 is 9.84 Å². The van der Waals surface area contributed by atoms with Crippen LogP contribution >= 0.6 is 0 Å². The minimum absolute atomic E-state index is 0.0914. The number of carbonyl (C=O) groups is 1. The minimum atomic E-state index is -0.712. The Bertz CT molecular complexity index is 475. The van der Waals surface area contributed by atoms with Crippen molar-refractivity contribution in [3.63, 3.8) is 0 Å². The molecule has 1 aromatic rings. The normalized spacial score (nSPS) is 30.5. The van der Waals surface area contributed by atoms with E-state index in [4.69, 9.17) is 4.74 Å². The lowest BCUT2D eigenvalue weighted by Crippen LogP contribution is -2.42. The molecule has 2 unspecified atom stereocenters. The topological polar surface area (TPSA) is 46.5 Å². The maximum absolute atomic E-state index is 11.9. The number of aliphatic carboxylic acids is 1. The maximum Gasteiger partial charge on any atom is 0.312 e. The zero-order chi connectivity index (χ0) is 13.5. The van der Waals surface area contributed by atoms with E-state index in [0.29, 0.717) is 25.4 Å². The molecule has 2 fully saturated rings. The molecule has 2 atom stereocenters. The van der Waals surface area contributed by atoms with Crippen LogP contribution in [-0.4, -0.2) is 23.8 Å². The van der Waals surface area contributed by atoms with E-state index >= 15 is 0 Å². The van der Waals surface area contributed by atoms with Gasteiger partial charge in [0.15, 0.2) is 0 Å². The summed E-state index contributed by atoms with van der Waals surface area (Å²) in [6.45, 7) is 2.63.